The molecular weight excluding hydrogens is 406 g/mol. The molecule has 0 aliphatic carbocycles. The van der Waals surface area contributed by atoms with Crippen LogP contribution >= 0.6 is 0 Å². The van der Waals surface area contributed by atoms with E-state index < -0.39 is 5.97 Å². The fourth-order valence-electron chi connectivity index (χ4n) is 3.02. The van der Waals surface area contributed by atoms with E-state index in [9.17, 15) is 10.1 Å². The first-order valence-electron chi connectivity index (χ1n) is 10.0. The molecule has 1 N–H and O–H groups in total. The minimum Gasteiger partial charge on any atom is -0.497 e. The Morgan fingerprint density at radius 1 is 0.969 bits per heavy atom. The first-order chi connectivity index (χ1) is 15.5. The molecular formula is C26H23NO5. The van der Waals surface area contributed by atoms with Crippen molar-refractivity contribution < 1.29 is 24.1 Å². The lowest BCUT2D eigenvalue weighted by Gasteiger charge is -2.13. The van der Waals surface area contributed by atoms with Gasteiger partial charge in [0.2, 0.25) is 0 Å². The van der Waals surface area contributed by atoms with Crippen molar-refractivity contribution in [2.24, 2.45) is 0 Å². The number of hydrogen-bond donors (Lipinski definition) is 1. The minimum atomic E-state index is -0.967. The first kappa shape index (κ1) is 22.4. The molecule has 0 radical (unpaired) electrons. The van der Waals surface area contributed by atoms with Crippen molar-refractivity contribution >= 4 is 17.6 Å². The van der Waals surface area contributed by atoms with Gasteiger partial charge in [0.15, 0.2) is 11.5 Å². The quantitative estimate of drug-likeness (QED) is 0.360. The second-order valence-electron chi connectivity index (χ2n) is 6.83. The molecule has 162 valence electrons. The van der Waals surface area contributed by atoms with E-state index in [4.69, 9.17) is 19.3 Å². The van der Waals surface area contributed by atoms with Gasteiger partial charge in [-0.25, -0.2) is 4.79 Å². The van der Waals surface area contributed by atoms with Gasteiger partial charge < -0.3 is 19.3 Å². The predicted octanol–water partition coefficient (Wildman–Crippen LogP) is 5.44. The van der Waals surface area contributed by atoms with Crippen molar-refractivity contribution in [1.82, 2.24) is 0 Å². The van der Waals surface area contributed by atoms with E-state index in [1.807, 2.05) is 43.3 Å². The Bertz CT molecular complexity index is 1140. The molecule has 6 heteroatoms. The number of rotatable bonds is 9. The molecule has 0 aromatic heterocycles. The molecule has 0 bridgehead atoms. The zero-order chi connectivity index (χ0) is 22.9. The number of carboxylic acid groups (broad SMARTS) is 1. The van der Waals surface area contributed by atoms with Crippen LogP contribution in [0.4, 0.5) is 0 Å². The summed E-state index contributed by atoms with van der Waals surface area (Å²) in [6, 6.07) is 21.5. The van der Waals surface area contributed by atoms with Crippen LogP contribution in [-0.4, -0.2) is 24.8 Å². The van der Waals surface area contributed by atoms with Gasteiger partial charge >= 0.3 is 5.97 Å². The predicted molar refractivity (Wildman–Crippen MR) is 122 cm³/mol. The fourth-order valence-corrected chi connectivity index (χ4v) is 3.02. The topological polar surface area (TPSA) is 88.8 Å². The van der Waals surface area contributed by atoms with Crippen molar-refractivity contribution in [1.29, 1.82) is 5.26 Å². The summed E-state index contributed by atoms with van der Waals surface area (Å²) >= 11 is 0. The number of nitrogens with zero attached hydrogens (tertiary/aromatic N) is 1. The third-order valence-corrected chi connectivity index (χ3v) is 4.70. The number of methoxy groups -OCH3 is 1. The molecule has 3 aromatic carbocycles. The largest absolute Gasteiger partial charge is 0.497 e. The highest BCUT2D eigenvalue weighted by atomic mass is 16.5. The molecule has 0 saturated carbocycles. The van der Waals surface area contributed by atoms with Gasteiger partial charge in [0.05, 0.1) is 30.9 Å². The Hall–Kier alpha value is -4.24. The molecule has 0 spiro atoms. The van der Waals surface area contributed by atoms with E-state index in [0.717, 1.165) is 22.4 Å². The first-order valence-corrected chi connectivity index (χ1v) is 10.0. The highest BCUT2D eigenvalue weighted by Gasteiger charge is 2.09. The van der Waals surface area contributed by atoms with Crippen molar-refractivity contribution in [3.05, 3.63) is 89.0 Å². The zero-order valence-electron chi connectivity index (χ0n) is 17.9. The van der Waals surface area contributed by atoms with Crippen LogP contribution in [0.1, 0.15) is 34.0 Å². The maximum Gasteiger partial charge on any atom is 0.335 e. The third kappa shape index (κ3) is 5.67. The van der Waals surface area contributed by atoms with Crippen LogP contribution in [0, 0.1) is 11.3 Å². The summed E-state index contributed by atoms with van der Waals surface area (Å²) in [5, 5.41) is 18.6. The van der Waals surface area contributed by atoms with Gasteiger partial charge in [0, 0.05) is 0 Å². The summed E-state index contributed by atoms with van der Waals surface area (Å²) < 4.78 is 16.8. The molecule has 0 fully saturated rings. The molecule has 0 heterocycles. The molecule has 0 saturated heterocycles. The highest BCUT2D eigenvalue weighted by molar-refractivity contribution is 5.90. The highest BCUT2D eigenvalue weighted by Crippen LogP contribution is 2.31. The average molecular weight is 429 g/mol. The summed E-state index contributed by atoms with van der Waals surface area (Å²) in [4.78, 5) is 11.0. The second-order valence-corrected chi connectivity index (χ2v) is 6.83. The monoisotopic (exact) mass is 429 g/mol. The van der Waals surface area contributed by atoms with Crippen molar-refractivity contribution in [3.8, 4) is 23.3 Å². The maximum absolute atomic E-state index is 11.0. The van der Waals surface area contributed by atoms with Crippen LogP contribution in [0.15, 0.2) is 66.7 Å². The van der Waals surface area contributed by atoms with E-state index in [1.54, 1.807) is 43.5 Å². The molecule has 0 amide bonds. The van der Waals surface area contributed by atoms with Gasteiger partial charge in [-0.3, -0.25) is 0 Å². The van der Waals surface area contributed by atoms with E-state index in [0.29, 0.717) is 23.7 Å². The zero-order valence-corrected chi connectivity index (χ0v) is 17.9. The van der Waals surface area contributed by atoms with Crippen molar-refractivity contribution in [2.75, 3.05) is 13.7 Å². The smallest absolute Gasteiger partial charge is 0.335 e. The van der Waals surface area contributed by atoms with Crippen LogP contribution in [-0.2, 0) is 6.61 Å². The number of ether oxygens (including phenoxy) is 3. The molecule has 0 aliphatic heterocycles. The minimum absolute atomic E-state index is 0.227. The van der Waals surface area contributed by atoms with E-state index >= 15 is 0 Å². The van der Waals surface area contributed by atoms with Gasteiger partial charge in [-0.05, 0) is 78.2 Å². The average Bonchev–Trinajstić information content (AvgIpc) is 2.82. The van der Waals surface area contributed by atoms with Crippen molar-refractivity contribution in [2.45, 2.75) is 13.5 Å². The Kier molecular flexibility index (Phi) is 7.50. The van der Waals surface area contributed by atoms with Gasteiger partial charge in [0.1, 0.15) is 12.4 Å². The molecule has 3 aromatic rings. The summed E-state index contributed by atoms with van der Waals surface area (Å²) in [6.07, 6.45) is 1.79. The third-order valence-electron chi connectivity index (χ3n) is 4.70. The molecule has 0 unspecified atom stereocenters. The number of hydrogen-bond acceptors (Lipinski definition) is 5. The number of carboxylic acids is 1. The summed E-state index contributed by atoms with van der Waals surface area (Å²) in [5.74, 6) is 0.889. The van der Waals surface area contributed by atoms with Gasteiger partial charge in [-0.15, -0.1) is 0 Å². The molecule has 3 rings (SSSR count). The Morgan fingerprint density at radius 2 is 1.66 bits per heavy atom. The Morgan fingerprint density at radius 3 is 2.25 bits per heavy atom. The standard InChI is InChI=1S/C26H23NO5/c1-3-31-25-15-19(14-22(16-27)20-9-11-23(30-2)12-10-20)6-13-24(25)32-17-18-4-7-21(8-5-18)26(28)29/h4-15H,3,17H2,1-2H3,(H,28,29)/b22-14+. The lowest BCUT2D eigenvalue weighted by molar-refractivity contribution is 0.0697. The number of allylic oxidation sites excluding steroid dienone is 1. The number of nitriles is 1. The van der Waals surface area contributed by atoms with Gasteiger partial charge in [0.25, 0.3) is 0 Å². The summed E-state index contributed by atoms with van der Waals surface area (Å²) in [6.45, 7) is 2.61. The van der Waals surface area contributed by atoms with Crippen LogP contribution in [0.5, 0.6) is 17.2 Å². The number of aromatic carboxylic acids is 1. The van der Waals surface area contributed by atoms with Crippen LogP contribution in [0.2, 0.25) is 0 Å². The van der Waals surface area contributed by atoms with Crippen LogP contribution in [0.3, 0.4) is 0 Å². The SMILES string of the molecule is CCOc1cc(/C=C(\C#N)c2ccc(OC)cc2)ccc1OCc1ccc(C(=O)O)cc1. The van der Waals surface area contributed by atoms with Crippen molar-refractivity contribution in [3.63, 3.8) is 0 Å². The van der Waals surface area contributed by atoms with Gasteiger partial charge in [-0.2, -0.15) is 5.26 Å². The molecule has 6 nitrogen and oxygen atoms in total. The lowest BCUT2D eigenvalue weighted by Crippen LogP contribution is -2.01. The lowest BCUT2D eigenvalue weighted by atomic mass is 10.0. The molecule has 0 atom stereocenters. The maximum atomic E-state index is 11.0. The summed E-state index contributed by atoms with van der Waals surface area (Å²) in [7, 11) is 1.60. The number of carbonyl (C=O) groups is 1. The van der Waals surface area contributed by atoms with E-state index in [1.165, 1.54) is 0 Å². The molecule has 0 aliphatic rings. The second kappa shape index (κ2) is 10.7. The molecule has 32 heavy (non-hydrogen) atoms. The van der Waals surface area contributed by atoms with Crippen LogP contribution < -0.4 is 14.2 Å². The Balaban J connectivity index is 1.80. The normalized spacial score (nSPS) is 10.8. The van der Waals surface area contributed by atoms with Crippen LogP contribution in [0.25, 0.3) is 11.6 Å². The van der Waals surface area contributed by atoms with E-state index in [2.05, 4.69) is 6.07 Å². The Labute approximate surface area is 186 Å². The number of benzene rings is 3. The van der Waals surface area contributed by atoms with E-state index in [-0.39, 0.29) is 12.2 Å². The van der Waals surface area contributed by atoms with Gasteiger partial charge in [-0.1, -0.05) is 18.2 Å². The fraction of sp³-hybridized carbons (Fsp3) is 0.154. The summed E-state index contributed by atoms with van der Waals surface area (Å²) in [5.41, 5.74) is 3.18.